The molecule has 0 amide bonds. The van der Waals surface area contributed by atoms with E-state index in [1.54, 1.807) is 30.5 Å². The second kappa shape index (κ2) is 7.07. The predicted octanol–water partition coefficient (Wildman–Crippen LogP) is 4.01. The largest absolute Gasteiger partial charge is 0.462 e. The molecule has 0 aliphatic heterocycles. The Kier molecular flexibility index (Phi) is 4.52. The highest BCUT2D eigenvalue weighted by Gasteiger charge is 2.28. The van der Waals surface area contributed by atoms with Crippen LogP contribution in [0.15, 0.2) is 29.2 Å². The van der Waals surface area contributed by atoms with Crippen LogP contribution in [0.4, 0.5) is 0 Å². The summed E-state index contributed by atoms with van der Waals surface area (Å²) < 4.78 is 7.02. The zero-order valence-corrected chi connectivity index (χ0v) is 17.0. The zero-order chi connectivity index (χ0) is 20.1. The number of ether oxygens (including phenoxy) is 1. The molecule has 7 heteroatoms. The molecule has 0 aromatic carbocycles. The van der Waals surface area contributed by atoms with Crippen LogP contribution in [0.1, 0.15) is 65.6 Å². The number of aryl methyl sites for hydroxylation is 1. The number of rotatable bonds is 4. The molecule has 1 unspecified atom stereocenters. The number of aliphatic hydroxyl groups excluding tert-OH is 1. The number of esters is 1. The summed E-state index contributed by atoms with van der Waals surface area (Å²) in [5.74, 6) is -0.585. The van der Waals surface area contributed by atoms with E-state index >= 15 is 0 Å². The summed E-state index contributed by atoms with van der Waals surface area (Å²) in [5.41, 5.74) is 2.32. The first-order chi connectivity index (χ1) is 14.1. The van der Waals surface area contributed by atoms with Gasteiger partial charge in [0.1, 0.15) is 11.2 Å². The van der Waals surface area contributed by atoms with Crippen molar-refractivity contribution in [3.63, 3.8) is 0 Å². The van der Waals surface area contributed by atoms with Crippen molar-refractivity contribution < 1.29 is 14.6 Å². The van der Waals surface area contributed by atoms with Crippen LogP contribution in [-0.4, -0.2) is 27.2 Å². The normalized spacial score (nSPS) is 18.6. The van der Waals surface area contributed by atoms with Crippen molar-refractivity contribution in [1.29, 1.82) is 0 Å². The van der Waals surface area contributed by atoms with Gasteiger partial charge in [-0.05, 0) is 62.8 Å². The Hall–Kier alpha value is -2.51. The first-order valence-electron chi connectivity index (χ1n) is 10.1. The third kappa shape index (κ3) is 3.18. The third-order valence-electron chi connectivity index (χ3n) is 5.63. The van der Waals surface area contributed by atoms with Crippen LogP contribution in [0.5, 0.6) is 0 Å². The Morgan fingerprint density at radius 2 is 2.17 bits per heavy atom. The van der Waals surface area contributed by atoms with Crippen LogP contribution >= 0.6 is 11.3 Å². The average Bonchev–Trinajstić information content (AvgIpc) is 3.46. The number of thiophene rings is 1. The fourth-order valence-electron chi connectivity index (χ4n) is 4.01. The number of carbonyl (C=O) groups excluding carboxylic acids is 1. The molecule has 1 saturated carbocycles. The maximum atomic E-state index is 12.9. The van der Waals surface area contributed by atoms with E-state index in [0.717, 1.165) is 47.6 Å². The van der Waals surface area contributed by atoms with Crippen LogP contribution in [0, 0.1) is 0 Å². The molecular formula is C22H22N2O4S. The summed E-state index contributed by atoms with van der Waals surface area (Å²) in [6, 6.07) is 5.96. The Balaban J connectivity index is 1.65. The van der Waals surface area contributed by atoms with E-state index < -0.39 is 12.1 Å². The van der Waals surface area contributed by atoms with Crippen molar-refractivity contribution in [2.24, 2.45) is 0 Å². The Morgan fingerprint density at radius 1 is 1.34 bits per heavy atom. The highest BCUT2D eigenvalue weighted by Crippen LogP contribution is 2.41. The molecule has 29 heavy (non-hydrogen) atoms. The molecule has 0 spiro atoms. The number of fused-ring (bicyclic) bond motifs is 2. The summed E-state index contributed by atoms with van der Waals surface area (Å²) in [5, 5.41) is 10.7. The van der Waals surface area contributed by atoms with Crippen molar-refractivity contribution >= 4 is 28.3 Å². The fraction of sp³-hybridized carbons (Fsp3) is 0.409. The molecule has 1 fully saturated rings. The lowest BCUT2D eigenvalue weighted by atomic mass is 9.97. The van der Waals surface area contributed by atoms with Gasteiger partial charge >= 0.3 is 5.97 Å². The maximum Gasteiger partial charge on any atom is 0.343 e. The predicted molar refractivity (Wildman–Crippen MR) is 111 cm³/mol. The van der Waals surface area contributed by atoms with Crippen molar-refractivity contribution in [2.75, 3.05) is 6.61 Å². The molecule has 6 nitrogen and oxygen atoms in total. The van der Waals surface area contributed by atoms with Crippen LogP contribution in [0.25, 0.3) is 21.6 Å². The monoisotopic (exact) mass is 410 g/mol. The van der Waals surface area contributed by atoms with Crippen LogP contribution in [0.2, 0.25) is 0 Å². The maximum absolute atomic E-state index is 12.9. The number of carbonyl (C=O) groups is 1. The lowest BCUT2D eigenvalue weighted by Crippen LogP contribution is -2.21. The van der Waals surface area contributed by atoms with Gasteiger partial charge in [-0.15, -0.1) is 11.3 Å². The standard InChI is InChI=1S/C22H22N2O4S/c1-2-28-22(27)15-11-24(13-6-7-13)21-14(19(15)26)8-9-16(23-21)18-10-12-4-3-5-17(25)20(12)29-18/h8-11,13,17,25H,2-7H2,1H3. The van der Waals surface area contributed by atoms with E-state index in [1.807, 2.05) is 10.6 Å². The van der Waals surface area contributed by atoms with Crippen molar-refractivity contribution in [2.45, 2.75) is 51.2 Å². The third-order valence-corrected chi connectivity index (χ3v) is 6.93. The molecule has 2 aliphatic rings. The summed E-state index contributed by atoms with van der Waals surface area (Å²) in [6.45, 7) is 1.95. The molecule has 0 radical (unpaired) electrons. The van der Waals surface area contributed by atoms with Gasteiger partial charge in [0.15, 0.2) is 0 Å². The van der Waals surface area contributed by atoms with E-state index in [9.17, 15) is 14.7 Å². The molecule has 0 saturated heterocycles. The van der Waals surface area contributed by atoms with E-state index in [1.165, 1.54) is 5.56 Å². The lowest BCUT2D eigenvalue weighted by molar-refractivity contribution is 0.0524. The van der Waals surface area contributed by atoms with Crippen LogP contribution in [-0.2, 0) is 11.2 Å². The van der Waals surface area contributed by atoms with Gasteiger partial charge in [0.2, 0.25) is 5.43 Å². The van der Waals surface area contributed by atoms with Gasteiger partial charge in [0, 0.05) is 17.1 Å². The molecule has 3 aromatic rings. The Labute approximate surface area is 171 Å². The molecule has 150 valence electrons. The van der Waals surface area contributed by atoms with Gasteiger partial charge in [-0.3, -0.25) is 4.79 Å². The summed E-state index contributed by atoms with van der Waals surface area (Å²) in [4.78, 5) is 32.0. The average molecular weight is 410 g/mol. The molecular weight excluding hydrogens is 388 g/mol. The zero-order valence-electron chi connectivity index (χ0n) is 16.2. The Morgan fingerprint density at radius 3 is 2.90 bits per heavy atom. The topological polar surface area (TPSA) is 81.4 Å². The first kappa shape index (κ1) is 18.5. The van der Waals surface area contributed by atoms with Crippen molar-refractivity contribution in [3.05, 3.63) is 50.6 Å². The number of aromatic nitrogens is 2. The minimum Gasteiger partial charge on any atom is -0.462 e. The van der Waals surface area contributed by atoms with Gasteiger partial charge in [-0.2, -0.15) is 0 Å². The van der Waals surface area contributed by atoms with E-state index in [4.69, 9.17) is 9.72 Å². The molecule has 5 rings (SSSR count). The summed E-state index contributed by atoms with van der Waals surface area (Å²) in [6.07, 6.45) is 6.00. The van der Waals surface area contributed by atoms with E-state index in [-0.39, 0.29) is 23.6 Å². The number of pyridine rings is 2. The van der Waals surface area contributed by atoms with Crippen molar-refractivity contribution in [1.82, 2.24) is 9.55 Å². The van der Waals surface area contributed by atoms with Gasteiger partial charge in [0.25, 0.3) is 0 Å². The minimum absolute atomic E-state index is 0.0653. The second-order valence-electron chi connectivity index (χ2n) is 7.71. The minimum atomic E-state index is -0.585. The highest BCUT2D eigenvalue weighted by molar-refractivity contribution is 7.15. The molecule has 3 aromatic heterocycles. The molecule has 2 aliphatic carbocycles. The summed E-state index contributed by atoms with van der Waals surface area (Å²) >= 11 is 1.58. The smallest absolute Gasteiger partial charge is 0.343 e. The van der Waals surface area contributed by atoms with E-state index in [2.05, 4.69) is 6.07 Å². The lowest BCUT2D eigenvalue weighted by Gasteiger charge is -2.16. The van der Waals surface area contributed by atoms with Crippen molar-refractivity contribution in [3.8, 4) is 10.6 Å². The summed E-state index contributed by atoms with van der Waals surface area (Å²) in [7, 11) is 0. The quantitative estimate of drug-likeness (QED) is 0.658. The number of nitrogens with zero attached hydrogens (tertiary/aromatic N) is 2. The molecule has 0 bridgehead atoms. The van der Waals surface area contributed by atoms with E-state index in [0.29, 0.717) is 11.0 Å². The SMILES string of the molecule is CCOC(=O)c1cn(C2CC2)c2nc(-c3cc4c(s3)C(O)CCC4)ccc2c1=O. The molecule has 1 N–H and O–H groups in total. The molecule has 3 heterocycles. The van der Waals surface area contributed by atoms with Gasteiger partial charge in [-0.1, -0.05) is 0 Å². The van der Waals surface area contributed by atoms with Gasteiger partial charge in [-0.25, -0.2) is 9.78 Å². The van der Waals surface area contributed by atoms with Gasteiger partial charge in [0.05, 0.1) is 28.7 Å². The second-order valence-corrected chi connectivity index (χ2v) is 8.79. The number of hydrogen-bond acceptors (Lipinski definition) is 6. The van der Waals surface area contributed by atoms with Gasteiger partial charge < -0.3 is 14.4 Å². The first-order valence-corrected chi connectivity index (χ1v) is 10.9. The molecule has 1 atom stereocenters. The number of aliphatic hydroxyl groups is 1. The van der Waals surface area contributed by atoms with Crippen LogP contribution in [0.3, 0.4) is 0 Å². The van der Waals surface area contributed by atoms with Crippen LogP contribution < -0.4 is 5.43 Å². The highest BCUT2D eigenvalue weighted by atomic mass is 32.1. The fourth-order valence-corrected chi connectivity index (χ4v) is 5.21. The number of hydrogen-bond donors (Lipinski definition) is 1. The Bertz CT molecular complexity index is 1180.